The van der Waals surface area contributed by atoms with Gasteiger partial charge in [0, 0.05) is 6.54 Å². The van der Waals surface area contributed by atoms with Gasteiger partial charge in [0.1, 0.15) is 12.9 Å². The van der Waals surface area contributed by atoms with E-state index in [1.165, 1.54) is 21.8 Å². The number of aromatic nitrogens is 4. The van der Waals surface area contributed by atoms with Gasteiger partial charge in [0.15, 0.2) is 0 Å². The molecule has 20 heavy (non-hydrogen) atoms. The molecule has 0 atom stereocenters. The Morgan fingerprint density at radius 1 is 1.15 bits per heavy atom. The highest BCUT2D eigenvalue weighted by molar-refractivity contribution is 5.83. The Labute approximate surface area is 115 Å². The van der Waals surface area contributed by atoms with E-state index >= 15 is 0 Å². The van der Waals surface area contributed by atoms with Gasteiger partial charge in [-0.05, 0) is 32.8 Å². The van der Waals surface area contributed by atoms with Gasteiger partial charge in [-0.15, -0.1) is 5.10 Å². The summed E-state index contributed by atoms with van der Waals surface area (Å²) in [4.78, 5) is 11.7. The van der Waals surface area contributed by atoms with Crippen LogP contribution in [-0.4, -0.2) is 26.1 Å². The summed E-state index contributed by atoms with van der Waals surface area (Å²) in [5, 5.41) is 15.8. The van der Waals surface area contributed by atoms with Crippen molar-refractivity contribution in [2.45, 2.75) is 13.1 Å². The zero-order chi connectivity index (χ0) is 13.8. The highest BCUT2D eigenvalue weighted by Crippen LogP contribution is 2.15. The molecule has 6 heteroatoms. The van der Waals surface area contributed by atoms with Crippen LogP contribution < -0.4 is 5.32 Å². The van der Waals surface area contributed by atoms with E-state index in [-0.39, 0.29) is 12.5 Å². The predicted molar refractivity (Wildman–Crippen MR) is 73.6 cm³/mol. The minimum absolute atomic E-state index is 0.120. The van der Waals surface area contributed by atoms with E-state index in [0.29, 0.717) is 6.54 Å². The van der Waals surface area contributed by atoms with E-state index < -0.39 is 0 Å². The van der Waals surface area contributed by atoms with Gasteiger partial charge in [0.25, 0.3) is 0 Å². The highest BCUT2D eigenvalue weighted by atomic mass is 16.2. The van der Waals surface area contributed by atoms with Gasteiger partial charge >= 0.3 is 0 Å². The fourth-order valence-electron chi connectivity index (χ4n) is 2.01. The lowest BCUT2D eigenvalue weighted by molar-refractivity contribution is -0.122. The molecular formula is C14H13N5O. The molecule has 6 nitrogen and oxygen atoms in total. The predicted octanol–water partition coefficient (Wildman–Crippen LogP) is 1.14. The number of hydrogen-bond acceptors (Lipinski definition) is 4. The topological polar surface area (TPSA) is 72.7 Å². The molecule has 1 heterocycles. The van der Waals surface area contributed by atoms with Crippen LogP contribution >= 0.6 is 0 Å². The lowest BCUT2D eigenvalue weighted by Crippen LogP contribution is -2.27. The standard InChI is InChI=1S/C14H13N5O/c20-14(9-19-10-16-17-18-19)15-8-11-5-6-12-3-1-2-4-13(12)7-11/h1-7,10H,8-9H2,(H,15,20). The molecule has 3 aromatic rings. The first-order valence-corrected chi connectivity index (χ1v) is 6.26. The van der Waals surface area contributed by atoms with Gasteiger partial charge in [-0.3, -0.25) is 4.79 Å². The zero-order valence-electron chi connectivity index (χ0n) is 10.7. The largest absolute Gasteiger partial charge is 0.350 e. The number of carbonyl (C=O) groups is 1. The monoisotopic (exact) mass is 267 g/mol. The van der Waals surface area contributed by atoms with Gasteiger partial charge in [-0.1, -0.05) is 36.4 Å². The first kappa shape index (κ1) is 12.3. The van der Waals surface area contributed by atoms with E-state index in [2.05, 4.69) is 45.1 Å². The quantitative estimate of drug-likeness (QED) is 0.769. The van der Waals surface area contributed by atoms with Crippen LogP contribution in [0.2, 0.25) is 0 Å². The Balaban J connectivity index is 1.63. The van der Waals surface area contributed by atoms with E-state index in [1.54, 1.807) is 0 Å². The van der Waals surface area contributed by atoms with Crippen molar-refractivity contribution >= 4 is 16.7 Å². The van der Waals surface area contributed by atoms with Gasteiger partial charge < -0.3 is 5.32 Å². The maximum absolute atomic E-state index is 11.7. The van der Waals surface area contributed by atoms with Gasteiger partial charge in [-0.2, -0.15) is 0 Å². The van der Waals surface area contributed by atoms with E-state index in [4.69, 9.17) is 0 Å². The second-order valence-corrected chi connectivity index (χ2v) is 4.47. The molecule has 100 valence electrons. The summed E-state index contributed by atoms with van der Waals surface area (Å²) >= 11 is 0. The number of nitrogens with one attached hydrogen (secondary N) is 1. The first-order valence-electron chi connectivity index (χ1n) is 6.26. The van der Waals surface area contributed by atoms with Crippen LogP contribution in [0.15, 0.2) is 48.8 Å². The Morgan fingerprint density at radius 3 is 2.80 bits per heavy atom. The molecule has 1 amide bonds. The Morgan fingerprint density at radius 2 is 2.00 bits per heavy atom. The van der Waals surface area contributed by atoms with Crippen molar-refractivity contribution in [1.29, 1.82) is 0 Å². The second-order valence-electron chi connectivity index (χ2n) is 4.47. The van der Waals surface area contributed by atoms with Gasteiger partial charge in [-0.25, -0.2) is 4.68 Å². The molecule has 0 aliphatic heterocycles. The number of benzene rings is 2. The molecule has 0 unspecified atom stereocenters. The Hall–Kier alpha value is -2.76. The molecule has 0 aliphatic rings. The number of rotatable bonds is 4. The fraction of sp³-hybridized carbons (Fsp3) is 0.143. The summed E-state index contributed by atoms with van der Waals surface area (Å²) in [6, 6.07) is 14.3. The maximum atomic E-state index is 11.7. The summed E-state index contributed by atoms with van der Waals surface area (Å²) in [7, 11) is 0. The number of carbonyl (C=O) groups excluding carboxylic acids is 1. The van der Waals surface area contributed by atoms with Gasteiger partial charge in [0.05, 0.1) is 0 Å². The summed E-state index contributed by atoms with van der Waals surface area (Å²) in [6.45, 7) is 0.617. The molecule has 0 spiro atoms. The lowest BCUT2D eigenvalue weighted by atomic mass is 10.1. The molecule has 0 radical (unpaired) electrons. The minimum atomic E-state index is -0.120. The lowest BCUT2D eigenvalue weighted by Gasteiger charge is -2.06. The van der Waals surface area contributed by atoms with Crippen molar-refractivity contribution in [2.24, 2.45) is 0 Å². The SMILES string of the molecule is O=C(Cn1cnnn1)NCc1ccc2ccccc2c1. The van der Waals surface area contributed by atoms with Crippen molar-refractivity contribution in [2.75, 3.05) is 0 Å². The van der Waals surface area contributed by atoms with Gasteiger partial charge in [0.2, 0.25) is 5.91 Å². The van der Waals surface area contributed by atoms with Crippen molar-refractivity contribution in [3.63, 3.8) is 0 Å². The molecule has 0 fully saturated rings. The van der Waals surface area contributed by atoms with Crippen LogP contribution in [0.5, 0.6) is 0 Å². The molecule has 0 saturated heterocycles. The summed E-state index contributed by atoms with van der Waals surface area (Å²) in [5.41, 5.74) is 1.06. The van der Waals surface area contributed by atoms with Crippen LogP contribution in [0, 0.1) is 0 Å². The van der Waals surface area contributed by atoms with Crippen LogP contribution in [-0.2, 0) is 17.9 Å². The maximum Gasteiger partial charge on any atom is 0.242 e. The van der Waals surface area contributed by atoms with Crippen molar-refractivity contribution in [3.8, 4) is 0 Å². The first-order chi connectivity index (χ1) is 9.81. The Kier molecular flexibility index (Phi) is 3.36. The summed E-state index contributed by atoms with van der Waals surface area (Å²) in [6.07, 6.45) is 1.41. The molecule has 3 rings (SSSR count). The molecule has 1 aromatic heterocycles. The number of fused-ring (bicyclic) bond motifs is 1. The third-order valence-corrected chi connectivity index (χ3v) is 3.00. The highest BCUT2D eigenvalue weighted by Gasteiger charge is 2.04. The number of amides is 1. The summed E-state index contributed by atoms with van der Waals surface area (Å²) in [5.74, 6) is -0.120. The van der Waals surface area contributed by atoms with Crippen LogP contribution in [0.1, 0.15) is 5.56 Å². The fourth-order valence-corrected chi connectivity index (χ4v) is 2.01. The zero-order valence-corrected chi connectivity index (χ0v) is 10.7. The number of hydrogen-bond donors (Lipinski definition) is 1. The number of tetrazole rings is 1. The Bertz CT molecular complexity index is 723. The van der Waals surface area contributed by atoms with Crippen molar-refractivity contribution in [3.05, 3.63) is 54.4 Å². The summed E-state index contributed by atoms with van der Waals surface area (Å²) < 4.78 is 1.38. The normalized spacial score (nSPS) is 10.6. The average molecular weight is 267 g/mol. The van der Waals surface area contributed by atoms with E-state index in [0.717, 1.165) is 5.56 Å². The smallest absolute Gasteiger partial charge is 0.242 e. The second kappa shape index (κ2) is 5.48. The van der Waals surface area contributed by atoms with Crippen LogP contribution in [0.4, 0.5) is 0 Å². The molecule has 0 saturated carbocycles. The van der Waals surface area contributed by atoms with Crippen LogP contribution in [0.25, 0.3) is 10.8 Å². The van der Waals surface area contributed by atoms with Crippen molar-refractivity contribution in [1.82, 2.24) is 25.5 Å². The number of nitrogens with zero attached hydrogens (tertiary/aromatic N) is 4. The van der Waals surface area contributed by atoms with E-state index in [9.17, 15) is 4.79 Å². The molecule has 2 aromatic carbocycles. The molecule has 0 aliphatic carbocycles. The average Bonchev–Trinajstić information content (AvgIpc) is 2.98. The molecule has 1 N–H and O–H groups in total. The van der Waals surface area contributed by atoms with E-state index in [1.807, 2.05) is 18.2 Å². The van der Waals surface area contributed by atoms with Crippen molar-refractivity contribution < 1.29 is 4.79 Å². The third kappa shape index (κ3) is 2.80. The molecular weight excluding hydrogens is 254 g/mol. The minimum Gasteiger partial charge on any atom is -0.350 e. The third-order valence-electron chi connectivity index (χ3n) is 3.00. The molecule has 0 bridgehead atoms. The van der Waals surface area contributed by atoms with Crippen LogP contribution in [0.3, 0.4) is 0 Å².